The van der Waals surface area contributed by atoms with Crippen molar-refractivity contribution in [2.45, 2.75) is 27.2 Å². The zero-order valence-electron chi connectivity index (χ0n) is 9.37. The summed E-state index contributed by atoms with van der Waals surface area (Å²) in [4.78, 5) is 10.9. The number of aryl methyl sites for hydroxylation is 1. The molecule has 0 aliphatic rings. The van der Waals surface area contributed by atoms with E-state index >= 15 is 0 Å². The molecule has 0 amide bonds. The Morgan fingerprint density at radius 3 is 2.53 bits per heavy atom. The van der Waals surface area contributed by atoms with E-state index in [2.05, 4.69) is 0 Å². The number of carboxylic acids is 1. The first-order valence-corrected chi connectivity index (χ1v) is 5.05. The van der Waals surface area contributed by atoms with Crippen LogP contribution in [0.3, 0.4) is 0 Å². The van der Waals surface area contributed by atoms with Crippen LogP contribution in [-0.4, -0.2) is 11.1 Å². The Labute approximate surface area is 90.3 Å². The zero-order valence-corrected chi connectivity index (χ0v) is 9.37. The van der Waals surface area contributed by atoms with Gasteiger partial charge in [0, 0.05) is 0 Å². The first-order chi connectivity index (χ1) is 7.04. The van der Waals surface area contributed by atoms with Gasteiger partial charge in [-0.2, -0.15) is 0 Å². The number of rotatable bonds is 3. The zero-order chi connectivity index (χ0) is 11.4. The summed E-state index contributed by atoms with van der Waals surface area (Å²) in [7, 11) is 0. The van der Waals surface area contributed by atoms with Gasteiger partial charge in [-0.15, -0.1) is 0 Å². The molecule has 1 rings (SSSR count). The molecular formula is C13H16O2. The summed E-state index contributed by atoms with van der Waals surface area (Å²) in [5, 5.41) is 8.95. The standard InChI is InChI=1S/C13H16O2/c1-4-11-8-10(7-9(2)3)5-6-12(11)13(14)15/h5-8H,4H2,1-3H3,(H,14,15). The van der Waals surface area contributed by atoms with Gasteiger partial charge in [0.2, 0.25) is 0 Å². The van der Waals surface area contributed by atoms with E-state index in [-0.39, 0.29) is 0 Å². The van der Waals surface area contributed by atoms with Gasteiger partial charge < -0.3 is 5.11 Å². The van der Waals surface area contributed by atoms with Crippen LogP contribution in [0, 0.1) is 0 Å². The van der Waals surface area contributed by atoms with E-state index in [1.54, 1.807) is 6.07 Å². The third-order valence-electron chi connectivity index (χ3n) is 2.20. The van der Waals surface area contributed by atoms with E-state index in [4.69, 9.17) is 5.11 Å². The molecule has 0 aliphatic heterocycles. The molecule has 0 unspecified atom stereocenters. The summed E-state index contributed by atoms with van der Waals surface area (Å²) in [6, 6.07) is 5.46. The highest BCUT2D eigenvalue weighted by molar-refractivity contribution is 5.89. The summed E-state index contributed by atoms with van der Waals surface area (Å²) in [5.74, 6) is -0.851. The number of aromatic carboxylic acids is 1. The molecule has 0 saturated heterocycles. The van der Waals surface area contributed by atoms with Crippen molar-refractivity contribution in [1.82, 2.24) is 0 Å². The van der Waals surface area contributed by atoms with Crippen molar-refractivity contribution in [1.29, 1.82) is 0 Å². The molecule has 15 heavy (non-hydrogen) atoms. The van der Waals surface area contributed by atoms with Crippen LogP contribution in [0.25, 0.3) is 6.08 Å². The minimum absolute atomic E-state index is 0.406. The van der Waals surface area contributed by atoms with Gasteiger partial charge in [-0.1, -0.05) is 30.7 Å². The second kappa shape index (κ2) is 4.78. The van der Waals surface area contributed by atoms with Gasteiger partial charge in [0.05, 0.1) is 5.56 Å². The normalized spacial score (nSPS) is 9.80. The van der Waals surface area contributed by atoms with Crippen LogP contribution >= 0.6 is 0 Å². The maximum Gasteiger partial charge on any atom is 0.335 e. The largest absolute Gasteiger partial charge is 0.478 e. The van der Waals surface area contributed by atoms with Crippen molar-refractivity contribution >= 4 is 12.0 Å². The lowest BCUT2D eigenvalue weighted by molar-refractivity contribution is 0.0696. The summed E-state index contributed by atoms with van der Waals surface area (Å²) in [6.45, 7) is 6.02. The Kier molecular flexibility index (Phi) is 3.67. The van der Waals surface area contributed by atoms with E-state index in [1.807, 2.05) is 39.0 Å². The molecule has 2 heteroatoms. The lowest BCUT2D eigenvalue weighted by atomic mass is 10.0. The number of hydrogen-bond acceptors (Lipinski definition) is 1. The Hall–Kier alpha value is -1.57. The molecule has 0 aliphatic carbocycles. The van der Waals surface area contributed by atoms with Gasteiger partial charge in [0.15, 0.2) is 0 Å². The van der Waals surface area contributed by atoms with Crippen LogP contribution in [0.4, 0.5) is 0 Å². The van der Waals surface area contributed by atoms with Crippen molar-refractivity contribution < 1.29 is 9.90 Å². The maximum atomic E-state index is 10.9. The number of benzene rings is 1. The van der Waals surface area contributed by atoms with Crippen molar-refractivity contribution in [2.24, 2.45) is 0 Å². The Bertz CT molecular complexity index is 399. The second-order valence-electron chi connectivity index (χ2n) is 3.80. The molecule has 0 aromatic heterocycles. The van der Waals surface area contributed by atoms with Gasteiger partial charge in [-0.05, 0) is 37.5 Å². The summed E-state index contributed by atoms with van der Waals surface area (Å²) in [5.41, 5.74) is 3.57. The SMILES string of the molecule is CCc1cc(C=C(C)C)ccc1C(=O)O. The van der Waals surface area contributed by atoms with Gasteiger partial charge in [0.1, 0.15) is 0 Å². The predicted octanol–water partition coefficient (Wildman–Crippen LogP) is 3.37. The lowest BCUT2D eigenvalue weighted by Gasteiger charge is -2.05. The predicted molar refractivity (Wildman–Crippen MR) is 62.1 cm³/mol. The average molecular weight is 204 g/mol. The minimum Gasteiger partial charge on any atom is -0.478 e. The smallest absolute Gasteiger partial charge is 0.335 e. The molecule has 1 aromatic rings. The van der Waals surface area contributed by atoms with Crippen molar-refractivity contribution in [2.75, 3.05) is 0 Å². The quantitative estimate of drug-likeness (QED) is 0.819. The molecule has 0 fully saturated rings. The molecule has 80 valence electrons. The average Bonchev–Trinajstić information content (AvgIpc) is 2.16. The fourth-order valence-electron chi connectivity index (χ4n) is 1.54. The first kappa shape index (κ1) is 11.5. The molecule has 0 spiro atoms. The van der Waals surface area contributed by atoms with Crippen LogP contribution in [0.1, 0.15) is 42.3 Å². The monoisotopic (exact) mass is 204 g/mol. The van der Waals surface area contributed by atoms with Crippen molar-refractivity contribution in [3.05, 3.63) is 40.5 Å². The Morgan fingerprint density at radius 2 is 2.07 bits per heavy atom. The van der Waals surface area contributed by atoms with Gasteiger partial charge in [0.25, 0.3) is 0 Å². The first-order valence-electron chi connectivity index (χ1n) is 5.05. The molecular weight excluding hydrogens is 188 g/mol. The van der Waals surface area contributed by atoms with Crippen LogP contribution < -0.4 is 0 Å². The Morgan fingerprint density at radius 1 is 1.40 bits per heavy atom. The number of allylic oxidation sites excluding steroid dienone is 1. The van der Waals surface area contributed by atoms with Crippen LogP contribution in [-0.2, 0) is 6.42 Å². The van der Waals surface area contributed by atoms with E-state index in [0.29, 0.717) is 5.56 Å². The molecule has 0 atom stereocenters. The molecule has 0 heterocycles. The molecule has 1 aromatic carbocycles. The number of hydrogen-bond donors (Lipinski definition) is 1. The topological polar surface area (TPSA) is 37.3 Å². The summed E-state index contributed by atoms with van der Waals surface area (Å²) < 4.78 is 0. The highest BCUT2D eigenvalue weighted by Crippen LogP contribution is 2.15. The van der Waals surface area contributed by atoms with Crippen LogP contribution in [0.15, 0.2) is 23.8 Å². The molecule has 0 bridgehead atoms. The highest BCUT2D eigenvalue weighted by Gasteiger charge is 2.08. The maximum absolute atomic E-state index is 10.9. The van der Waals surface area contributed by atoms with E-state index in [9.17, 15) is 4.79 Å². The summed E-state index contributed by atoms with van der Waals surface area (Å²) in [6.07, 6.45) is 2.79. The number of carbonyl (C=O) groups is 1. The van der Waals surface area contributed by atoms with Crippen molar-refractivity contribution in [3.63, 3.8) is 0 Å². The minimum atomic E-state index is -0.851. The molecule has 1 N–H and O–H groups in total. The fourth-order valence-corrected chi connectivity index (χ4v) is 1.54. The van der Waals surface area contributed by atoms with Crippen molar-refractivity contribution in [3.8, 4) is 0 Å². The van der Waals surface area contributed by atoms with Gasteiger partial charge in [-0.25, -0.2) is 4.79 Å². The molecule has 2 nitrogen and oxygen atoms in total. The van der Waals surface area contributed by atoms with Crippen LogP contribution in [0.2, 0.25) is 0 Å². The van der Waals surface area contributed by atoms with Gasteiger partial charge in [-0.3, -0.25) is 0 Å². The number of carboxylic acid groups (broad SMARTS) is 1. The van der Waals surface area contributed by atoms with E-state index in [0.717, 1.165) is 17.5 Å². The molecule has 0 radical (unpaired) electrons. The fraction of sp³-hybridized carbons (Fsp3) is 0.308. The lowest BCUT2D eigenvalue weighted by Crippen LogP contribution is -2.01. The van der Waals surface area contributed by atoms with Gasteiger partial charge >= 0.3 is 5.97 Å². The third-order valence-corrected chi connectivity index (χ3v) is 2.20. The molecule has 0 saturated carbocycles. The summed E-state index contributed by atoms with van der Waals surface area (Å²) >= 11 is 0. The van der Waals surface area contributed by atoms with E-state index in [1.165, 1.54) is 5.57 Å². The highest BCUT2D eigenvalue weighted by atomic mass is 16.4. The second-order valence-corrected chi connectivity index (χ2v) is 3.80. The van der Waals surface area contributed by atoms with Crippen LogP contribution in [0.5, 0.6) is 0 Å². The Balaban J connectivity index is 3.19. The van der Waals surface area contributed by atoms with E-state index < -0.39 is 5.97 Å². The third kappa shape index (κ3) is 2.94.